The number of carboxylic acids is 1. The molecule has 6 N–H and O–H groups in total. The maximum absolute atomic E-state index is 13.8. The van der Waals surface area contributed by atoms with E-state index in [4.69, 9.17) is 26.5 Å². The fourth-order valence-corrected chi connectivity index (χ4v) is 3.65. The summed E-state index contributed by atoms with van der Waals surface area (Å²) in [7, 11) is 0. The molecule has 1 aliphatic rings. The Labute approximate surface area is 222 Å². The minimum atomic E-state index is -1.93. The highest BCUT2D eigenvalue weighted by Crippen LogP contribution is 2.29. The van der Waals surface area contributed by atoms with Gasteiger partial charge in [0.1, 0.15) is 36.8 Å². The normalized spacial score (nSPS) is 23.0. The number of nitrogens with zero attached hydrogens (tertiary/aromatic N) is 3. The molecule has 0 spiro atoms. The highest BCUT2D eigenvalue weighted by atomic mass is 19.1. The van der Waals surface area contributed by atoms with Crippen LogP contribution in [0, 0.1) is 12.3 Å². The molecule has 0 aromatic heterocycles. The van der Waals surface area contributed by atoms with Gasteiger partial charge in [0, 0.05) is 29.0 Å². The zero-order valence-electron chi connectivity index (χ0n) is 20.8. The lowest BCUT2D eigenvalue weighted by Gasteiger charge is -2.38. The minimum absolute atomic E-state index is 0.0819. The van der Waals surface area contributed by atoms with E-state index in [1.807, 2.05) is 0 Å². The third-order valence-corrected chi connectivity index (χ3v) is 5.73. The summed E-state index contributed by atoms with van der Waals surface area (Å²) in [4.78, 5) is 38.9. The zero-order valence-corrected chi connectivity index (χ0v) is 20.8. The van der Waals surface area contributed by atoms with Gasteiger partial charge in [0.05, 0.1) is 6.54 Å². The summed E-state index contributed by atoms with van der Waals surface area (Å²) in [6, 6.07) is 2.46. The molecule has 14 nitrogen and oxygen atoms in total. The van der Waals surface area contributed by atoms with Gasteiger partial charge in [-0.15, -0.1) is 12.3 Å². The number of carbonyl (C=O) groups excluding carboxylic acids is 2. The molecule has 1 unspecified atom stereocenters. The van der Waals surface area contributed by atoms with E-state index in [9.17, 15) is 34.1 Å². The van der Waals surface area contributed by atoms with Crippen LogP contribution in [0.3, 0.4) is 0 Å². The zero-order chi connectivity index (χ0) is 28.9. The Morgan fingerprint density at radius 3 is 2.59 bits per heavy atom. The van der Waals surface area contributed by atoms with Crippen LogP contribution in [0.4, 0.5) is 10.1 Å². The number of carbonyl (C=O) groups is 3. The number of alkyl halides is 1. The molecule has 0 saturated carbocycles. The number of azide groups is 1. The highest BCUT2D eigenvalue weighted by Gasteiger charge is 2.48. The van der Waals surface area contributed by atoms with Crippen LogP contribution in [0.1, 0.15) is 37.7 Å². The predicted octanol–water partition coefficient (Wildman–Crippen LogP) is 0.744. The monoisotopic (exact) mass is 551 g/mol. The van der Waals surface area contributed by atoms with Crippen molar-refractivity contribution in [3.63, 3.8) is 0 Å². The van der Waals surface area contributed by atoms with E-state index >= 15 is 0 Å². The van der Waals surface area contributed by atoms with E-state index < -0.39 is 61.2 Å². The van der Waals surface area contributed by atoms with Crippen molar-refractivity contribution in [2.24, 2.45) is 5.11 Å². The second kappa shape index (κ2) is 15.5. The van der Waals surface area contributed by atoms with Crippen molar-refractivity contribution in [1.82, 2.24) is 5.32 Å². The number of ether oxygens (including phenoxy) is 2. The molecule has 6 atom stereocenters. The third-order valence-electron chi connectivity index (χ3n) is 5.73. The summed E-state index contributed by atoms with van der Waals surface area (Å²) in [6.45, 7) is -1.49. The maximum Gasteiger partial charge on any atom is 0.335 e. The van der Waals surface area contributed by atoms with Crippen LogP contribution in [0.2, 0.25) is 0 Å². The molecule has 39 heavy (non-hydrogen) atoms. The molecular weight excluding hydrogens is 521 g/mol. The molecule has 1 heterocycles. The summed E-state index contributed by atoms with van der Waals surface area (Å²) < 4.78 is 24.2. The van der Waals surface area contributed by atoms with Gasteiger partial charge in [-0.3, -0.25) is 9.59 Å². The first-order valence-corrected chi connectivity index (χ1v) is 12.0. The van der Waals surface area contributed by atoms with Crippen LogP contribution < -0.4 is 15.4 Å². The van der Waals surface area contributed by atoms with E-state index in [1.54, 1.807) is 0 Å². The number of aliphatic carboxylic acids is 1. The fourth-order valence-electron chi connectivity index (χ4n) is 3.65. The molecule has 1 aromatic rings. The van der Waals surface area contributed by atoms with Crippen molar-refractivity contribution in [3.05, 3.63) is 34.2 Å². The Morgan fingerprint density at radius 2 is 1.95 bits per heavy atom. The number of nitrogens with one attached hydrogen (secondary N) is 2. The van der Waals surface area contributed by atoms with Gasteiger partial charge in [0.2, 0.25) is 18.1 Å². The Morgan fingerprint density at radius 1 is 1.21 bits per heavy atom. The number of unbranched alkanes of at least 4 members (excludes halogenated alkanes) is 3. The van der Waals surface area contributed by atoms with Crippen LogP contribution in [0.15, 0.2) is 23.3 Å². The molecular formula is C24H30FN5O9. The van der Waals surface area contributed by atoms with Crippen molar-refractivity contribution in [1.29, 1.82) is 0 Å². The number of amides is 2. The molecule has 1 aromatic carbocycles. The van der Waals surface area contributed by atoms with Crippen molar-refractivity contribution >= 4 is 23.5 Å². The minimum Gasteiger partial charge on any atom is -0.479 e. The molecule has 2 amide bonds. The lowest BCUT2D eigenvalue weighted by molar-refractivity contribution is -0.271. The first-order chi connectivity index (χ1) is 18.6. The standard InChI is InChI=1S/C24H30FN5O9/c1-2-3-4-5-6-7-17(31)29-15(12-27-30-26)22(35)28-14-8-9-16(13(10-14)11-25)38-24-20(34)18(32)19(33)21(39-24)23(36)37/h1,8-10,15,18-21,24,32-34H,3-7,11-12H2,(H,28,35)(H,29,31)(H,36,37)/t15?,18-,19-,20+,21-,24+/m1/s1. The SMILES string of the molecule is C#CCCCCCC(=O)NC(CN=[N+]=[N-])C(=O)Nc1ccc(O[C@H]2O[C@@H](C(=O)O)[C@H](O)[C@@H](O)[C@@H]2O)c(CF)c1. The second-order valence-electron chi connectivity index (χ2n) is 8.60. The molecule has 1 fully saturated rings. The third kappa shape index (κ3) is 9.10. The molecule has 1 saturated heterocycles. The van der Waals surface area contributed by atoms with Gasteiger partial charge < -0.3 is 40.5 Å². The fraction of sp³-hybridized carbons (Fsp3) is 0.542. The number of carboxylic acid groups (broad SMARTS) is 1. The highest BCUT2D eigenvalue weighted by molar-refractivity contribution is 5.97. The summed E-state index contributed by atoms with van der Waals surface area (Å²) in [5.41, 5.74) is 8.57. The Balaban J connectivity index is 2.09. The predicted molar refractivity (Wildman–Crippen MR) is 133 cm³/mol. The van der Waals surface area contributed by atoms with Crippen LogP contribution in [-0.4, -0.2) is 81.5 Å². The Bertz CT molecular complexity index is 1110. The van der Waals surface area contributed by atoms with E-state index in [0.29, 0.717) is 12.8 Å². The number of anilines is 1. The Kier molecular flexibility index (Phi) is 12.4. The smallest absolute Gasteiger partial charge is 0.335 e. The Hall–Kier alpha value is -3.93. The lowest BCUT2D eigenvalue weighted by atomic mass is 9.99. The van der Waals surface area contributed by atoms with Crippen molar-refractivity contribution in [3.8, 4) is 18.1 Å². The van der Waals surface area contributed by atoms with Gasteiger partial charge >= 0.3 is 5.97 Å². The number of terminal acetylenes is 1. The summed E-state index contributed by atoms with van der Waals surface area (Å²) in [5.74, 6) is -0.485. The quantitative estimate of drug-likeness (QED) is 0.0630. The molecule has 15 heteroatoms. The number of rotatable bonds is 14. The largest absolute Gasteiger partial charge is 0.479 e. The van der Waals surface area contributed by atoms with Gasteiger partial charge in [0.15, 0.2) is 6.10 Å². The van der Waals surface area contributed by atoms with E-state index in [-0.39, 0.29) is 30.0 Å². The summed E-state index contributed by atoms with van der Waals surface area (Å²) in [5, 5.41) is 47.3. The molecule has 0 aliphatic carbocycles. The number of benzene rings is 1. The number of aliphatic hydroxyl groups is 3. The second-order valence-corrected chi connectivity index (χ2v) is 8.60. The van der Waals surface area contributed by atoms with Gasteiger partial charge in [-0.1, -0.05) is 11.5 Å². The van der Waals surface area contributed by atoms with E-state index in [0.717, 1.165) is 12.8 Å². The van der Waals surface area contributed by atoms with Crippen LogP contribution >= 0.6 is 0 Å². The first-order valence-electron chi connectivity index (χ1n) is 12.0. The summed E-state index contributed by atoms with van der Waals surface area (Å²) in [6.07, 6.45) is -1.42. The van der Waals surface area contributed by atoms with Gasteiger partial charge in [0.25, 0.3) is 0 Å². The van der Waals surface area contributed by atoms with E-state index in [2.05, 4.69) is 26.6 Å². The number of hydrogen-bond donors (Lipinski definition) is 6. The number of aliphatic hydroxyl groups excluding tert-OH is 3. The van der Waals surface area contributed by atoms with Gasteiger partial charge in [-0.2, -0.15) is 0 Å². The van der Waals surface area contributed by atoms with Crippen LogP contribution in [-0.2, 0) is 25.8 Å². The van der Waals surface area contributed by atoms with Crippen molar-refractivity contribution in [2.75, 3.05) is 11.9 Å². The summed E-state index contributed by atoms with van der Waals surface area (Å²) >= 11 is 0. The molecule has 0 radical (unpaired) electrons. The topological polar surface area (TPSA) is 223 Å². The average molecular weight is 552 g/mol. The van der Waals surface area contributed by atoms with E-state index in [1.165, 1.54) is 18.2 Å². The molecule has 0 bridgehead atoms. The average Bonchev–Trinajstić information content (AvgIpc) is 2.91. The van der Waals surface area contributed by atoms with Crippen molar-refractivity contribution < 1.29 is 48.7 Å². The molecule has 2 rings (SSSR count). The lowest BCUT2D eigenvalue weighted by Crippen LogP contribution is -2.61. The maximum atomic E-state index is 13.8. The van der Waals surface area contributed by atoms with Crippen molar-refractivity contribution in [2.45, 2.75) is 75.5 Å². The number of hydrogen-bond acceptors (Lipinski definition) is 9. The molecule has 1 aliphatic heterocycles. The van der Waals surface area contributed by atoms with Crippen LogP contribution in [0.25, 0.3) is 10.4 Å². The number of halogens is 1. The van der Waals surface area contributed by atoms with Gasteiger partial charge in [-0.05, 0) is 36.6 Å². The first kappa shape index (κ1) is 31.3. The van der Waals surface area contributed by atoms with Crippen LogP contribution in [0.5, 0.6) is 5.75 Å². The molecule has 212 valence electrons. The van der Waals surface area contributed by atoms with Gasteiger partial charge in [-0.25, -0.2) is 9.18 Å².